The third-order valence-electron chi connectivity index (χ3n) is 5.00. The van der Waals surface area contributed by atoms with Crippen LogP contribution in [-0.4, -0.2) is 0 Å². The molecule has 0 aliphatic rings. The number of benzene rings is 4. The van der Waals surface area contributed by atoms with Gasteiger partial charge in [-0.2, -0.15) is 10.5 Å². The van der Waals surface area contributed by atoms with Crippen molar-refractivity contribution in [3.8, 4) is 12.1 Å². The Morgan fingerprint density at radius 1 is 0.733 bits per heavy atom. The molecule has 4 rings (SSSR count). The van der Waals surface area contributed by atoms with Crippen molar-refractivity contribution < 1.29 is 0 Å². The highest BCUT2D eigenvalue weighted by Crippen LogP contribution is 2.38. The average Bonchev–Trinajstić information content (AvgIpc) is 2.80. The molecule has 30 heavy (non-hydrogen) atoms. The van der Waals surface area contributed by atoms with Crippen LogP contribution in [-0.2, 0) is 0 Å². The van der Waals surface area contributed by atoms with Gasteiger partial charge in [-0.3, -0.25) is 0 Å². The molecule has 0 radical (unpaired) electrons. The molecule has 4 aromatic carbocycles. The molecule has 3 heteroatoms. The van der Waals surface area contributed by atoms with Crippen molar-refractivity contribution in [1.82, 2.24) is 0 Å². The number of nitriles is 2. The molecule has 0 saturated carbocycles. The summed E-state index contributed by atoms with van der Waals surface area (Å²) in [4.78, 5) is 2.23. The van der Waals surface area contributed by atoms with Crippen LogP contribution >= 0.6 is 0 Å². The van der Waals surface area contributed by atoms with Crippen molar-refractivity contribution in [2.24, 2.45) is 0 Å². The third kappa shape index (κ3) is 3.78. The van der Waals surface area contributed by atoms with Gasteiger partial charge in [0.05, 0.1) is 5.69 Å². The minimum Gasteiger partial charge on any atom is -0.310 e. The molecule has 0 fully saturated rings. The fourth-order valence-electron chi connectivity index (χ4n) is 3.50. The van der Waals surface area contributed by atoms with Crippen LogP contribution < -0.4 is 4.90 Å². The van der Waals surface area contributed by atoms with Gasteiger partial charge in [0.2, 0.25) is 0 Å². The van der Waals surface area contributed by atoms with Gasteiger partial charge in [0, 0.05) is 16.8 Å². The highest BCUT2D eigenvalue weighted by Gasteiger charge is 2.15. The minimum absolute atomic E-state index is 0.0900. The summed E-state index contributed by atoms with van der Waals surface area (Å²) in [5.74, 6) is 0. The first-order valence-electron chi connectivity index (χ1n) is 9.66. The zero-order valence-corrected chi connectivity index (χ0v) is 16.6. The maximum absolute atomic E-state index is 9.00. The van der Waals surface area contributed by atoms with Crippen LogP contribution in [0.15, 0.2) is 96.6 Å². The van der Waals surface area contributed by atoms with Gasteiger partial charge in [0.1, 0.15) is 17.7 Å². The molecule has 142 valence electrons. The Kier molecular flexibility index (Phi) is 5.29. The Labute approximate surface area is 176 Å². The maximum Gasteiger partial charge on any atom is 0.130 e. The summed E-state index contributed by atoms with van der Waals surface area (Å²) in [6, 6.07) is 34.8. The van der Waals surface area contributed by atoms with E-state index in [9.17, 15) is 0 Å². The monoisotopic (exact) mass is 385 g/mol. The molecule has 0 aromatic heterocycles. The maximum atomic E-state index is 9.00. The first kappa shape index (κ1) is 19.0. The normalized spacial score (nSPS) is 10.1. The fraction of sp³-hybridized carbons (Fsp3) is 0.0370. The van der Waals surface area contributed by atoms with Gasteiger partial charge in [-0.15, -0.1) is 0 Å². The number of hydrogen-bond acceptors (Lipinski definition) is 3. The van der Waals surface area contributed by atoms with Crippen LogP contribution in [0, 0.1) is 29.6 Å². The molecule has 0 saturated heterocycles. The standard InChI is InChI=1S/C27H19N3/c1-20-9-13-24(14-10-20)30(27-8-4-6-23-5-2-3-7-26(23)27)25-15-11-21(12-16-25)17-22(18-28)19-29/h2-17H,1H3. The summed E-state index contributed by atoms with van der Waals surface area (Å²) in [6.45, 7) is 2.08. The van der Waals surface area contributed by atoms with E-state index in [0.29, 0.717) is 0 Å². The van der Waals surface area contributed by atoms with Crippen LogP contribution in [0.25, 0.3) is 16.8 Å². The van der Waals surface area contributed by atoms with Crippen molar-refractivity contribution in [2.45, 2.75) is 6.92 Å². The van der Waals surface area contributed by atoms with E-state index in [1.54, 1.807) is 6.08 Å². The first-order chi connectivity index (χ1) is 14.7. The summed E-state index contributed by atoms with van der Waals surface area (Å²) < 4.78 is 0. The van der Waals surface area contributed by atoms with E-state index >= 15 is 0 Å². The lowest BCUT2D eigenvalue weighted by Crippen LogP contribution is -2.10. The molecule has 0 atom stereocenters. The number of rotatable bonds is 4. The highest BCUT2D eigenvalue weighted by atomic mass is 15.1. The van der Waals surface area contributed by atoms with Crippen LogP contribution in [0.5, 0.6) is 0 Å². The third-order valence-corrected chi connectivity index (χ3v) is 5.00. The second-order valence-electron chi connectivity index (χ2n) is 7.04. The Morgan fingerprint density at radius 3 is 2.00 bits per heavy atom. The Bertz CT molecular complexity index is 1280. The number of hydrogen-bond donors (Lipinski definition) is 0. The predicted molar refractivity (Wildman–Crippen MR) is 123 cm³/mol. The summed E-state index contributed by atoms with van der Waals surface area (Å²) in [7, 11) is 0. The summed E-state index contributed by atoms with van der Waals surface area (Å²) in [5.41, 5.74) is 5.27. The zero-order chi connectivity index (χ0) is 20.9. The van der Waals surface area contributed by atoms with Gasteiger partial charge in [-0.05, 0) is 54.3 Å². The highest BCUT2D eigenvalue weighted by molar-refractivity contribution is 5.98. The molecular formula is C27H19N3. The summed E-state index contributed by atoms with van der Waals surface area (Å²) >= 11 is 0. The summed E-state index contributed by atoms with van der Waals surface area (Å²) in [5, 5.41) is 20.4. The van der Waals surface area contributed by atoms with Crippen LogP contribution in [0.1, 0.15) is 11.1 Å². The van der Waals surface area contributed by atoms with Crippen molar-refractivity contribution in [3.05, 3.63) is 108 Å². The first-order valence-corrected chi connectivity index (χ1v) is 9.66. The van der Waals surface area contributed by atoms with Crippen molar-refractivity contribution in [2.75, 3.05) is 4.90 Å². The Morgan fingerprint density at radius 2 is 1.33 bits per heavy atom. The quantitative estimate of drug-likeness (QED) is 0.354. The van der Waals surface area contributed by atoms with Crippen LogP contribution in [0.2, 0.25) is 0 Å². The number of nitrogens with zero attached hydrogens (tertiary/aromatic N) is 3. The number of allylic oxidation sites excluding steroid dienone is 1. The number of aryl methyl sites for hydroxylation is 1. The van der Waals surface area contributed by atoms with Gasteiger partial charge >= 0.3 is 0 Å². The fourth-order valence-corrected chi connectivity index (χ4v) is 3.50. The minimum atomic E-state index is 0.0900. The van der Waals surface area contributed by atoms with Gasteiger partial charge in [-0.1, -0.05) is 66.2 Å². The van der Waals surface area contributed by atoms with E-state index in [1.165, 1.54) is 16.3 Å². The molecule has 0 aliphatic carbocycles. The molecule has 0 bridgehead atoms. The lowest BCUT2D eigenvalue weighted by atomic mass is 10.1. The van der Waals surface area contributed by atoms with Gasteiger partial charge in [0.15, 0.2) is 0 Å². The summed E-state index contributed by atoms with van der Waals surface area (Å²) in [6.07, 6.45) is 1.60. The van der Waals surface area contributed by atoms with Crippen molar-refractivity contribution >= 4 is 33.9 Å². The van der Waals surface area contributed by atoms with E-state index in [2.05, 4.69) is 72.5 Å². The number of anilines is 3. The lowest BCUT2D eigenvalue weighted by molar-refractivity contribution is 1.29. The van der Waals surface area contributed by atoms with E-state index in [4.69, 9.17) is 10.5 Å². The molecule has 4 aromatic rings. The molecule has 0 amide bonds. The van der Waals surface area contributed by atoms with Gasteiger partial charge in [-0.25, -0.2) is 0 Å². The van der Waals surface area contributed by atoms with E-state index in [1.807, 2.05) is 42.5 Å². The molecule has 0 spiro atoms. The van der Waals surface area contributed by atoms with E-state index in [-0.39, 0.29) is 5.57 Å². The molecular weight excluding hydrogens is 366 g/mol. The number of fused-ring (bicyclic) bond motifs is 1. The van der Waals surface area contributed by atoms with Crippen molar-refractivity contribution in [3.63, 3.8) is 0 Å². The molecule has 0 unspecified atom stereocenters. The molecule has 0 heterocycles. The zero-order valence-electron chi connectivity index (χ0n) is 16.6. The topological polar surface area (TPSA) is 50.8 Å². The smallest absolute Gasteiger partial charge is 0.130 e. The Balaban J connectivity index is 1.87. The second kappa shape index (κ2) is 8.35. The lowest BCUT2D eigenvalue weighted by Gasteiger charge is -2.27. The molecule has 3 nitrogen and oxygen atoms in total. The van der Waals surface area contributed by atoms with Gasteiger partial charge < -0.3 is 4.90 Å². The van der Waals surface area contributed by atoms with Crippen LogP contribution in [0.3, 0.4) is 0 Å². The molecule has 0 aliphatic heterocycles. The van der Waals surface area contributed by atoms with Crippen LogP contribution in [0.4, 0.5) is 17.1 Å². The van der Waals surface area contributed by atoms with E-state index < -0.39 is 0 Å². The SMILES string of the molecule is Cc1ccc(N(c2ccc(C=C(C#N)C#N)cc2)c2cccc3ccccc23)cc1. The van der Waals surface area contributed by atoms with Gasteiger partial charge in [0.25, 0.3) is 0 Å². The second-order valence-corrected chi connectivity index (χ2v) is 7.04. The molecule has 0 N–H and O–H groups in total. The largest absolute Gasteiger partial charge is 0.310 e. The average molecular weight is 385 g/mol. The Hall–Kier alpha value is -4.34. The predicted octanol–water partition coefficient (Wildman–Crippen LogP) is 7.05. The van der Waals surface area contributed by atoms with Crippen molar-refractivity contribution in [1.29, 1.82) is 10.5 Å². The van der Waals surface area contributed by atoms with E-state index in [0.717, 1.165) is 22.6 Å².